The van der Waals surface area contributed by atoms with Crippen LogP contribution in [-0.2, 0) is 23.4 Å². The van der Waals surface area contributed by atoms with Crippen molar-refractivity contribution >= 4 is 20.3 Å². The van der Waals surface area contributed by atoms with Gasteiger partial charge in [-0.15, -0.1) is 0 Å². The van der Waals surface area contributed by atoms with Crippen LogP contribution in [0.1, 0.15) is 68.7 Å². The second-order valence-corrected chi connectivity index (χ2v) is 16.6. The smallest absolute Gasteiger partial charge is 0.417 e. The minimum atomic E-state index is -2.28. The summed E-state index contributed by atoms with van der Waals surface area (Å²) >= 11 is 0. The van der Waals surface area contributed by atoms with Gasteiger partial charge in [-0.25, -0.2) is 9.69 Å². The molecule has 2 aliphatic heterocycles. The van der Waals surface area contributed by atoms with Gasteiger partial charge in [0, 0.05) is 12.3 Å². The van der Waals surface area contributed by atoms with E-state index in [9.17, 15) is 9.59 Å². The maximum Gasteiger partial charge on any atom is 0.417 e. The lowest BCUT2D eigenvalue weighted by Crippen LogP contribution is -2.58. The van der Waals surface area contributed by atoms with E-state index in [1.165, 1.54) is 4.90 Å². The minimum absolute atomic E-state index is 0.0598. The fourth-order valence-electron chi connectivity index (χ4n) is 3.89. The fourth-order valence-corrected chi connectivity index (χ4v) is 5.22. The van der Waals surface area contributed by atoms with Crippen LogP contribution in [0.15, 0.2) is 12.2 Å². The molecule has 2 rings (SSSR count). The van der Waals surface area contributed by atoms with E-state index in [0.717, 1.165) is 0 Å². The first-order valence-electron chi connectivity index (χ1n) is 11.6. The summed E-state index contributed by atoms with van der Waals surface area (Å²) < 4.78 is 24.6. The van der Waals surface area contributed by atoms with Crippen LogP contribution in [-0.4, -0.2) is 61.5 Å². The molecule has 2 aliphatic rings. The van der Waals surface area contributed by atoms with Crippen molar-refractivity contribution in [2.24, 2.45) is 5.92 Å². The van der Waals surface area contributed by atoms with Gasteiger partial charge in [-0.05, 0) is 59.7 Å². The van der Waals surface area contributed by atoms with Gasteiger partial charge in [-0.3, -0.25) is 4.79 Å². The summed E-state index contributed by atoms with van der Waals surface area (Å²) in [6.45, 7) is 22.2. The minimum Gasteiger partial charge on any atom is -0.443 e. The van der Waals surface area contributed by atoms with E-state index in [1.54, 1.807) is 20.8 Å². The largest absolute Gasteiger partial charge is 0.443 e. The van der Waals surface area contributed by atoms with Crippen LogP contribution in [0.5, 0.6) is 0 Å². The Hall–Kier alpha value is -1.22. The van der Waals surface area contributed by atoms with Crippen LogP contribution in [0.4, 0.5) is 4.79 Å². The first kappa shape index (κ1) is 27.0. The maximum absolute atomic E-state index is 13.2. The van der Waals surface area contributed by atoms with Gasteiger partial charge in [-0.2, -0.15) is 0 Å². The molecular formula is C24H43NO6Si. The van der Waals surface area contributed by atoms with Crippen LogP contribution < -0.4 is 0 Å². The quantitative estimate of drug-likeness (QED) is 0.404. The van der Waals surface area contributed by atoms with E-state index < -0.39 is 44.0 Å². The van der Waals surface area contributed by atoms with Gasteiger partial charge in [0.2, 0.25) is 5.91 Å². The van der Waals surface area contributed by atoms with Gasteiger partial charge in [0.1, 0.15) is 11.7 Å². The zero-order valence-corrected chi connectivity index (χ0v) is 22.8. The Morgan fingerprint density at radius 1 is 1.22 bits per heavy atom. The van der Waals surface area contributed by atoms with Crippen molar-refractivity contribution in [2.45, 2.75) is 117 Å². The fraction of sp³-hybridized carbons (Fsp3) is 0.833. The van der Waals surface area contributed by atoms with Crippen LogP contribution in [0.3, 0.4) is 0 Å². The molecule has 8 heteroatoms. The van der Waals surface area contributed by atoms with Crippen molar-refractivity contribution in [3.8, 4) is 0 Å². The number of imide groups is 1. The molecule has 4 atom stereocenters. The summed E-state index contributed by atoms with van der Waals surface area (Å²) in [5.74, 6) is -1.20. The zero-order valence-electron chi connectivity index (χ0n) is 21.8. The summed E-state index contributed by atoms with van der Waals surface area (Å²) in [5, 5.41) is -0.0598. The average molecular weight is 470 g/mol. The van der Waals surface area contributed by atoms with Crippen LogP contribution in [0, 0.1) is 5.92 Å². The van der Waals surface area contributed by atoms with Crippen molar-refractivity contribution in [1.82, 2.24) is 4.90 Å². The number of carbonyl (C=O) groups excluding carboxylic acids is 2. The summed E-state index contributed by atoms with van der Waals surface area (Å²) in [6, 6.07) is -0.537. The molecule has 2 amide bonds. The molecule has 7 nitrogen and oxygen atoms in total. The lowest BCUT2D eigenvalue weighted by atomic mass is 9.92. The lowest BCUT2D eigenvalue weighted by molar-refractivity contribution is -0.155. The van der Waals surface area contributed by atoms with E-state index >= 15 is 0 Å². The molecule has 1 unspecified atom stereocenters. The van der Waals surface area contributed by atoms with Gasteiger partial charge in [0.05, 0.1) is 18.8 Å². The number of rotatable bonds is 5. The number of likely N-dealkylation sites (tertiary alicyclic amines) is 1. The second-order valence-electron chi connectivity index (χ2n) is 11.8. The van der Waals surface area contributed by atoms with Crippen molar-refractivity contribution in [3.05, 3.63) is 12.2 Å². The zero-order chi connectivity index (χ0) is 24.7. The van der Waals surface area contributed by atoms with Crippen molar-refractivity contribution < 1.29 is 28.2 Å². The Balaban J connectivity index is 2.54. The normalized spacial score (nSPS) is 27.9. The number of hydrogen-bond donors (Lipinski definition) is 0. The average Bonchev–Trinajstić information content (AvgIpc) is 3.09. The van der Waals surface area contributed by atoms with E-state index in [-0.39, 0.29) is 23.3 Å². The molecule has 0 aromatic heterocycles. The van der Waals surface area contributed by atoms with Gasteiger partial charge >= 0.3 is 6.09 Å². The second kappa shape index (κ2) is 9.20. The molecule has 0 aromatic carbocycles. The van der Waals surface area contributed by atoms with Crippen molar-refractivity contribution in [2.75, 3.05) is 6.61 Å². The van der Waals surface area contributed by atoms with E-state index in [1.807, 2.05) is 32.9 Å². The highest BCUT2D eigenvalue weighted by Crippen LogP contribution is 2.42. The van der Waals surface area contributed by atoms with Crippen LogP contribution in [0.2, 0.25) is 18.1 Å². The topological polar surface area (TPSA) is 74.3 Å². The molecule has 0 aromatic rings. The molecule has 32 heavy (non-hydrogen) atoms. The highest BCUT2D eigenvalue weighted by Gasteiger charge is 2.55. The van der Waals surface area contributed by atoms with E-state index in [2.05, 4.69) is 33.9 Å². The first-order valence-corrected chi connectivity index (χ1v) is 14.5. The number of nitrogens with zero attached hydrogens (tertiary/aromatic N) is 1. The molecule has 0 aliphatic carbocycles. The molecule has 0 bridgehead atoms. The Morgan fingerprint density at radius 2 is 1.81 bits per heavy atom. The SMILES string of the molecule is CC=C[C@@H]1CC(=O)N(C(=O)OC(C)(C)C)[C@H]1[C@H](O[Si](C)(C)C(C)(C)C)C1COC(C)(C)O1. The van der Waals surface area contributed by atoms with Crippen LogP contribution in [0.25, 0.3) is 0 Å². The Morgan fingerprint density at radius 3 is 2.25 bits per heavy atom. The summed E-state index contributed by atoms with van der Waals surface area (Å²) in [5.41, 5.74) is -0.717. The molecule has 0 radical (unpaired) electrons. The third-order valence-corrected chi connectivity index (χ3v) is 10.9. The molecule has 0 N–H and O–H groups in total. The Labute approximate surface area is 194 Å². The summed E-state index contributed by atoms with van der Waals surface area (Å²) in [6.07, 6.45) is 2.55. The number of ether oxygens (including phenoxy) is 3. The molecule has 184 valence electrons. The summed E-state index contributed by atoms with van der Waals surface area (Å²) in [4.78, 5) is 27.5. The molecule has 2 saturated heterocycles. The van der Waals surface area contributed by atoms with Crippen molar-refractivity contribution in [3.63, 3.8) is 0 Å². The predicted octanol–water partition coefficient (Wildman–Crippen LogP) is 5.26. The lowest BCUT2D eigenvalue weighted by Gasteiger charge is -2.44. The van der Waals surface area contributed by atoms with Gasteiger partial charge in [-0.1, -0.05) is 32.9 Å². The number of carbonyl (C=O) groups is 2. The highest BCUT2D eigenvalue weighted by atomic mass is 28.4. The molecule has 0 saturated carbocycles. The van der Waals surface area contributed by atoms with Crippen molar-refractivity contribution in [1.29, 1.82) is 0 Å². The standard InChI is InChI=1S/C24H43NO6Si/c1-12-13-16-14-18(26)25(21(27)30-22(2,3)4)19(16)20(17-15-28-24(8,9)29-17)31-32(10,11)23(5,6)7/h12-13,16-17,19-20H,14-15H2,1-11H3/t16-,17?,19-,20-/m1/s1. The highest BCUT2D eigenvalue weighted by molar-refractivity contribution is 6.74. The maximum atomic E-state index is 13.2. The molecule has 0 spiro atoms. The Bertz CT molecular complexity index is 734. The van der Waals surface area contributed by atoms with E-state index in [4.69, 9.17) is 18.6 Å². The predicted molar refractivity (Wildman–Crippen MR) is 127 cm³/mol. The molecular weight excluding hydrogens is 426 g/mol. The van der Waals surface area contributed by atoms with Gasteiger partial charge in [0.15, 0.2) is 14.1 Å². The molecule has 2 fully saturated rings. The number of amides is 2. The van der Waals surface area contributed by atoms with Crippen LogP contribution >= 0.6 is 0 Å². The number of allylic oxidation sites excluding steroid dienone is 1. The number of hydrogen-bond acceptors (Lipinski definition) is 6. The summed E-state index contributed by atoms with van der Waals surface area (Å²) in [7, 11) is -2.28. The van der Waals surface area contributed by atoms with Gasteiger partial charge < -0.3 is 18.6 Å². The molecule has 2 heterocycles. The third-order valence-electron chi connectivity index (χ3n) is 6.42. The van der Waals surface area contributed by atoms with E-state index in [0.29, 0.717) is 6.61 Å². The van der Waals surface area contributed by atoms with Gasteiger partial charge in [0.25, 0.3) is 0 Å². The first-order chi connectivity index (χ1) is 14.4. The Kier molecular flexibility index (Phi) is 7.77. The monoisotopic (exact) mass is 469 g/mol. The third kappa shape index (κ3) is 6.21.